The number of H-pyrrole nitrogens is 2. The summed E-state index contributed by atoms with van der Waals surface area (Å²) >= 11 is 0. The summed E-state index contributed by atoms with van der Waals surface area (Å²) in [5.41, 5.74) is 3.22. The standard InChI is InChI=1S/C20H24N4O3/c25-17(10-12-1-2-13-6-8-27-11-15(13)9-12)24-7-5-16(14-3-4-14)18(24)19-21-20(26)23-22-19/h1-2,9,14,16,18H,3-8,10-11H2,(H2,21,22,23,26). The lowest BCUT2D eigenvalue weighted by atomic mass is 9.94. The van der Waals surface area contributed by atoms with Crippen molar-refractivity contribution >= 4 is 5.91 Å². The molecule has 0 radical (unpaired) electrons. The van der Waals surface area contributed by atoms with Crippen LogP contribution in [-0.4, -0.2) is 39.1 Å². The number of hydrogen-bond donors (Lipinski definition) is 2. The summed E-state index contributed by atoms with van der Waals surface area (Å²) in [6.45, 7) is 2.13. The second-order valence-corrected chi connectivity index (χ2v) is 7.97. The average Bonchev–Trinajstić information content (AvgIpc) is 3.28. The molecule has 3 aliphatic rings. The maximum Gasteiger partial charge on any atom is 0.340 e. The van der Waals surface area contributed by atoms with Crippen LogP contribution in [0.25, 0.3) is 0 Å². The number of rotatable bonds is 4. The van der Waals surface area contributed by atoms with E-state index in [2.05, 4.69) is 33.4 Å². The van der Waals surface area contributed by atoms with Crippen LogP contribution in [0.3, 0.4) is 0 Å². The number of fused-ring (bicyclic) bond motifs is 1. The number of carbonyl (C=O) groups is 1. The highest BCUT2D eigenvalue weighted by atomic mass is 16.5. The number of amides is 1. The zero-order chi connectivity index (χ0) is 18.4. The van der Waals surface area contributed by atoms with Crippen molar-refractivity contribution < 1.29 is 9.53 Å². The SMILES string of the molecule is O=C(Cc1ccc2c(c1)COCC2)N1CCC(C2CC2)C1c1n[nH]c(=O)[nH]1. The van der Waals surface area contributed by atoms with Crippen LogP contribution in [0.4, 0.5) is 0 Å². The van der Waals surface area contributed by atoms with Crippen molar-refractivity contribution in [3.8, 4) is 0 Å². The Hall–Kier alpha value is -2.41. The van der Waals surface area contributed by atoms with Crippen LogP contribution in [0.15, 0.2) is 23.0 Å². The van der Waals surface area contributed by atoms with E-state index < -0.39 is 0 Å². The minimum absolute atomic E-state index is 0.101. The van der Waals surface area contributed by atoms with Crippen molar-refractivity contribution in [2.75, 3.05) is 13.2 Å². The predicted octanol–water partition coefficient (Wildman–Crippen LogP) is 1.71. The average molecular weight is 368 g/mol. The van der Waals surface area contributed by atoms with Gasteiger partial charge in [-0.25, -0.2) is 9.89 Å². The fourth-order valence-electron chi connectivity index (χ4n) is 4.70. The molecule has 2 fully saturated rings. The predicted molar refractivity (Wildman–Crippen MR) is 98.0 cm³/mol. The lowest BCUT2D eigenvalue weighted by Crippen LogP contribution is -2.34. The first-order valence-electron chi connectivity index (χ1n) is 9.81. The van der Waals surface area contributed by atoms with Crippen molar-refractivity contribution in [1.82, 2.24) is 20.1 Å². The zero-order valence-electron chi connectivity index (χ0n) is 15.2. The largest absolute Gasteiger partial charge is 0.376 e. The Morgan fingerprint density at radius 2 is 2.15 bits per heavy atom. The molecule has 1 aliphatic carbocycles. The Kier molecular flexibility index (Phi) is 4.11. The maximum absolute atomic E-state index is 13.1. The van der Waals surface area contributed by atoms with Crippen LogP contribution in [0, 0.1) is 11.8 Å². The van der Waals surface area contributed by atoms with E-state index in [0.717, 1.165) is 31.6 Å². The second-order valence-electron chi connectivity index (χ2n) is 7.97. The minimum atomic E-state index is -0.312. The van der Waals surface area contributed by atoms with E-state index in [-0.39, 0.29) is 17.6 Å². The van der Waals surface area contributed by atoms with Crippen LogP contribution in [0.1, 0.15) is 47.8 Å². The molecule has 2 aromatic rings. The molecule has 142 valence electrons. The molecule has 1 aromatic heterocycles. The molecule has 0 bridgehead atoms. The molecule has 7 heteroatoms. The lowest BCUT2D eigenvalue weighted by molar-refractivity contribution is -0.132. The maximum atomic E-state index is 13.1. The van der Waals surface area contributed by atoms with Gasteiger partial charge in [0, 0.05) is 6.54 Å². The normalized spacial score (nSPS) is 24.8. The van der Waals surface area contributed by atoms with Gasteiger partial charge in [0.15, 0.2) is 5.82 Å². The number of nitrogens with one attached hydrogen (secondary N) is 2. The first kappa shape index (κ1) is 16.7. The van der Waals surface area contributed by atoms with Crippen LogP contribution >= 0.6 is 0 Å². The number of nitrogens with zero attached hydrogens (tertiary/aromatic N) is 2. The van der Waals surface area contributed by atoms with Crippen molar-refractivity contribution in [3.05, 3.63) is 51.2 Å². The number of benzene rings is 1. The van der Waals surface area contributed by atoms with Gasteiger partial charge in [-0.3, -0.25) is 9.78 Å². The number of likely N-dealkylation sites (tertiary alicyclic amines) is 1. The monoisotopic (exact) mass is 368 g/mol. The van der Waals surface area contributed by atoms with Crippen LogP contribution in [0.5, 0.6) is 0 Å². The van der Waals surface area contributed by atoms with Gasteiger partial charge >= 0.3 is 5.69 Å². The molecule has 27 heavy (non-hydrogen) atoms. The molecular formula is C20H24N4O3. The molecule has 3 heterocycles. The number of hydrogen-bond acceptors (Lipinski definition) is 4. The van der Waals surface area contributed by atoms with Crippen LogP contribution in [-0.2, 0) is 29.0 Å². The summed E-state index contributed by atoms with van der Waals surface area (Å²) in [5, 5.41) is 6.61. The van der Waals surface area contributed by atoms with E-state index in [1.54, 1.807) is 0 Å². The van der Waals surface area contributed by atoms with Crippen molar-refractivity contribution in [2.45, 2.75) is 44.8 Å². The number of aromatic nitrogens is 3. The molecule has 2 unspecified atom stereocenters. The van der Waals surface area contributed by atoms with Gasteiger partial charge in [0.25, 0.3) is 0 Å². The molecule has 0 spiro atoms. The minimum Gasteiger partial charge on any atom is -0.376 e. The fraction of sp³-hybridized carbons (Fsp3) is 0.550. The third-order valence-electron chi connectivity index (χ3n) is 6.19. The van der Waals surface area contributed by atoms with E-state index in [4.69, 9.17) is 4.74 Å². The highest BCUT2D eigenvalue weighted by molar-refractivity contribution is 5.79. The van der Waals surface area contributed by atoms with Gasteiger partial charge in [0.05, 0.1) is 25.7 Å². The van der Waals surface area contributed by atoms with Crippen molar-refractivity contribution in [2.24, 2.45) is 11.8 Å². The van der Waals surface area contributed by atoms with Crippen LogP contribution < -0.4 is 5.69 Å². The first-order valence-corrected chi connectivity index (χ1v) is 9.81. The van der Waals surface area contributed by atoms with Crippen molar-refractivity contribution in [3.63, 3.8) is 0 Å². The smallest absolute Gasteiger partial charge is 0.340 e. The van der Waals surface area contributed by atoms with Gasteiger partial charge in [-0.2, -0.15) is 5.10 Å². The summed E-state index contributed by atoms with van der Waals surface area (Å²) in [7, 11) is 0. The highest BCUT2D eigenvalue weighted by Crippen LogP contribution is 2.49. The molecule has 2 N–H and O–H groups in total. The van der Waals surface area contributed by atoms with E-state index in [0.29, 0.717) is 30.7 Å². The second kappa shape index (κ2) is 6.64. The molecule has 1 saturated heterocycles. The van der Waals surface area contributed by atoms with Crippen LogP contribution in [0.2, 0.25) is 0 Å². The molecule has 1 amide bonds. The highest BCUT2D eigenvalue weighted by Gasteiger charge is 2.46. The van der Waals surface area contributed by atoms with E-state index in [1.165, 1.54) is 24.0 Å². The van der Waals surface area contributed by atoms with Gasteiger partial charge in [-0.1, -0.05) is 18.2 Å². The summed E-state index contributed by atoms with van der Waals surface area (Å²) in [6.07, 6.45) is 4.71. The molecular weight excluding hydrogens is 344 g/mol. The summed E-state index contributed by atoms with van der Waals surface area (Å²) < 4.78 is 5.54. The van der Waals surface area contributed by atoms with Gasteiger partial charge in [-0.15, -0.1) is 0 Å². The molecule has 1 saturated carbocycles. The summed E-state index contributed by atoms with van der Waals surface area (Å²) in [4.78, 5) is 29.4. The number of carbonyl (C=O) groups excluding carboxylic acids is 1. The Morgan fingerprint density at radius 1 is 1.26 bits per heavy atom. The van der Waals surface area contributed by atoms with Gasteiger partial charge in [0.2, 0.25) is 5.91 Å². The fourth-order valence-corrected chi connectivity index (χ4v) is 4.70. The van der Waals surface area contributed by atoms with E-state index in [9.17, 15) is 9.59 Å². The number of ether oxygens (including phenoxy) is 1. The Morgan fingerprint density at radius 3 is 2.93 bits per heavy atom. The molecule has 2 aliphatic heterocycles. The quantitative estimate of drug-likeness (QED) is 0.860. The topological polar surface area (TPSA) is 91.1 Å². The summed E-state index contributed by atoms with van der Waals surface area (Å²) in [5.74, 6) is 1.74. The first-order chi connectivity index (χ1) is 13.2. The Balaban J connectivity index is 1.37. The zero-order valence-corrected chi connectivity index (χ0v) is 15.2. The Bertz CT molecular complexity index is 914. The van der Waals surface area contributed by atoms with Crippen molar-refractivity contribution in [1.29, 1.82) is 0 Å². The summed E-state index contributed by atoms with van der Waals surface area (Å²) in [6, 6.07) is 6.17. The third-order valence-corrected chi connectivity index (χ3v) is 6.19. The number of aromatic amines is 2. The lowest BCUT2D eigenvalue weighted by Gasteiger charge is -2.27. The molecule has 7 nitrogen and oxygen atoms in total. The van der Waals surface area contributed by atoms with Gasteiger partial charge in [0.1, 0.15) is 0 Å². The third kappa shape index (κ3) is 3.20. The van der Waals surface area contributed by atoms with E-state index in [1.807, 2.05) is 4.90 Å². The van der Waals surface area contributed by atoms with Gasteiger partial charge in [-0.05, 0) is 54.2 Å². The van der Waals surface area contributed by atoms with E-state index >= 15 is 0 Å². The molecule has 2 atom stereocenters. The molecule has 5 rings (SSSR count). The van der Waals surface area contributed by atoms with Gasteiger partial charge < -0.3 is 9.64 Å². The Labute approximate surface area is 157 Å². The molecule has 1 aromatic carbocycles.